The van der Waals surface area contributed by atoms with Crippen LogP contribution in [0.15, 0.2) is 0 Å². The molecule has 1 unspecified atom stereocenters. The number of hydrogen-bond acceptors (Lipinski definition) is 3. The van der Waals surface area contributed by atoms with E-state index in [4.69, 9.17) is 5.73 Å². The van der Waals surface area contributed by atoms with E-state index in [1.54, 1.807) is 7.05 Å². The van der Waals surface area contributed by atoms with Crippen LogP contribution >= 0.6 is 0 Å². The SMILES string of the molecule is CCCC(N)C(=O)NCCC(=O)NC. The highest BCUT2D eigenvalue weighted by Gasteiger charge is 2.11. The molecule has 0 bridgehead atoms. The van der Waals surface area contributed by atoms with Crippen molar-refractivity contribution in [3.63, 3.8) is 0 Å². The van der Waals surface area contributed by atoms with E-state index in [2.05, 4.69) is 10.6 Å². The van der Waals surface area contributed by atoms with Crippen LogP contribution in [0.4, 0.5) is 0 Å². The normalized spacial score (nSPS) is 11.9. The fourth-order valence-electron chi connectivity index (χ4n) is 0.997. The number of nitrogens with one attached hydrogen (secondary N) is 2. The van der Waals surface area contributed by atoms with Crippen LogP contribution in [0.25, 0.3) is 0 Å². The maximum absolute atomic E-state index is 11.2. The molecule has 0 fully saturated rings. The first-order valence-corrected chi connectivity index (χ1v) is 4.85. The van der Waals surface area contributed by atoms with Gasteiger partial charge in [-0.3, -0.25) is 9.59 Å². The molecule has 0 spiro atoms. The van der Waals surface area contributed by atoms with Crippen molar-refractivity contribution in [2.75, 3.05) is 13.6 Å². The summed E-state index contributed by atoms with van der Waals surface area (Å²) in [5, 5.41) is 5.08. The zero-order valence-electron chi connectivity index (χ0n) is 8.80. The summed E-state index contributed by atoms with van der Waals surface area (Å²) in [6.45, 7) is 2.31. The van der Waals surface area contributed by atoms with Gasteiger partial charge >= 0.3 is 0 Å². The second kappa shape index (κ2) is 7.32. The quantitative estimate of drug-likeness (QED) is 0.535. The van der Waals surface area contributed by atoms with Gasteiger partial charge in [-0.05, 0) is 6.42 Å². The van der Waals surface area contributed by atoms with Gasteiger partial charge in [0.1, 0.15) is 0 Å². The van der Waals surface area contributed by atoms with E-state index in [0.29, 0.717) is 19.4 Å². The molecule has 1 atom stereocenters. The molecular formula is C9H19N3O2. The average Bonchev–Trinajstić information content (AvgIpc) is 2.17. The number of carbonyl (C=O) groups excluding carboxylic acids is 2. The summed E-state index contributed by atoms with van der Waals surface area (Å²) in [6, 6.07) is -0.454. The molecule has 2 amide bonds. The fraction of sp³-hybridized carbons (Fsp3) is 0.778. The average molecular weight is 201 g/mol. The Kier molecular flexibility index (Phi) is 6.74. The number of nitrogens with two attached hydrogens (primary N) is 1. The third-order valence-electron chi connectivity index (χ3n) is 1.87. The van der Waals surface area contributed by atoms with Crippen LogP contribution in [-0.2, 0) is 9.59 Å². The third-order valence-corrected chi connectivity index (χ3v) is 1.87. The van der Waals surface area contributed by atoms with Gasteiger partial charge in [0.05, 0.1) is 6.04 Å². The van der Waals surface area contributed by atoms with Crippen molar-refractivity contribution in [1.29, 1.82) is 0 Å². The zero-order chi connectivity index (χ0) is 11.0. The highest BCUT2D eigenvalue weighted by molar-refractivity contribution is 5.82. The van der Waals surface area contributed by atoms with Gasteiger partial charge in [-0.15, -0.1) is 0 Å². The maximum atomic E-state index is 11.2. The van der Waals surface area contributed by atoms with Crippen LogP contribution in [-0.4, -0.2) is 31.4 Å². The molecule has 0 heterocycles. The van der Waals surface area contributed by atoms with Gasteiger partial charge in [0.2, 0.25) is 11.8 Å². The lowest BCUT2D eigenvalue weighted by molar-refractivity contribution is -0.123. The van der Waals surface area contributed by atoms with Crippen molar-refractivity contribution in [2.24, 2.45) is 5.73 Å². The van der Waals surface area contributed by atoms with Crippen LogP contribution in [0.3, 0.4) is 0 Å². The van der Waals surface area contributed by atoms with Gasteiger partial charge in [-0.1, -0.05) is 13.3 Å². The van der Waals surface area contributed by atoms with Gasteiger partial charge in [0.25, 0.3) is 0 Å². The van der Waals surface area contributed by atoms with E-state index in [1.165, 1.54) is 0 Å². The van der Waals surface area contributed by atoms with Gasteiger partial charge in [0, 0.05) is 20.0 Å². The third kappa shape index (κ3) is 5.53. The topological polar surface area (TPSA) is 84.2 Å². The van der Waals surface area contributed by atoms with Gasteiger partial charge in [-0.25, -0.2) is 0 Å². The van der Waals surface area contributed by atoms with Crippen molar-refractivity contribution in [1.82, 2.24) is 10.6 Å². The summed E-state index contributed by atoms with van der Waals surface area (Å²) in [6.07, 6.45) is 1.84. The first kappa shape index (κ1) is 12.9. The fourth-order valence-corrected chi connectivity index (χ4v) is 0.997. The number of rotatable bonds is 6. The molecule has 0 aromatic heterocycles. The Bertz CT molecular complexity index is 194. The Labute approximate surface area is 84.4 Å². The maximum Gasteiger partial charge on any atom is 0.236 e. The highest BCUT2D eigenvalue weighted by atomic mass is 16.2. The summed E-state index contributed by atoms with van der Waals surface area (Å²) in [7, 11) is 1.56. The van der Waals surface area contributed by atoms with E-state index in [9.17, 15) is 9.59 Å². The van der Waals surface area contributed by atoms with Crippen LogP contribution in [0.1, 0.15) is 26.2 Å². The van der Waals surface area contributed by atoms with E-state index in [0.717, 1.165) is 6.42 Å². The van der Waals surface area contributed by atoms with Crippen molar-refractivity contribution >= 4 is 11.8 Å². The predicted molar refractivity (Wildman–Crippen MR) is 54.6 cm³/mol. The van der Waals surface area contributed by atoms with Crippen molar-refractivity contribution in [3.8, 4) is 0 Å². The smallest absolute Gasteiger partial charge is 0.236 e. The number of amides is 2. The lowest BCUT2D eigenvalue weighted by Gasteiger charge is -2.10. The molecule has 0 aromatic rings. The van der Waals surface area contributed by atoms with Crippen molar-refractivity contribution in [2.45, 2.75) is 32.2 Å². The summed E-state index contributed by atoms with van der Waals surface area (Å²) in [4.78, 5) is 22.0. The molecule has 0 aromatic carbocycles. The Morgan fingerprint density at radius 2 is 2.07 bits per heavy atom. The summed E-state index contributed by atoms with van der Waals surface area (Å²) >= 11 is 0. The minimum atomic E-state index is -0.454. The summed E-state index contributed by atoms with van der Waals surface area (Å²) in [5.41, 5.74) is 5.56. The van der Waals surface area contributed by atoms with Crippen LogP contribution in [0, 0.1) is 0 Å². The Balaban J connectivity index is 3.58. The van der Waals surface area contributed by atoms with Crippen molar-refractivity contribution < 1.29 is 9.59 Å². The highest BCUT2D eigenvalue weighted by Crippen LogP contribution is 1.92. The molecular weight excluding hydrogens is 182 g/mol. The molecule has 82 valence electrons. The van der Waals surface area contributed by atoms with Crippen LogP contribution in [0.2, 0.25) is 0 Å². The first-order chi connectivity index (χ1) is 6.61. The monoisotopic (exact) mass is 201 g/mol. The van der Waals surface area contributed by atoms with Crippen molar-refractivity contribution in [3.05, 3.63) is 0 Å². The van der Waals surface area contributed by atoms with E-state index < -0.39 is 6.04 Å². The summed E-state index contributed by atoms with van der Waals surface area (Å²) < 4.78 is 0. The molecule has 0 aliphatic carbocycles. The first-order valence-electron chi connectivity index (χ1n) is 4.85. The van der Waals surface area contributed by atoms with E-state index >= 15 is 0 Å². The lowest BCUT2D eigenvalue weighted by atomic mass is 10.1. The minimum absolute atomic E-state index is 0.0886. The molecule has 5 nitrogen and oxygen atoms in total. The lowest BCUT2D eigenvalue weighted by Crippen LogP contribution is -2.41. The summed E-state index contributed by atoms with van der Waals surface area (Å²) in [5.74, 6) is -0.273. The Hall–Kier alpha value is -1.10. The molecule has 0 aliphatic rings. The molecule has 5 heteroatoms. The van der Waals surface area contributed by atoms with Gasteiger partial charge in [0.15, 0.2) is 0 Å². The van der Waals surface area contributed by atoms with Crippen LogP contribution < -0.4 is 16.4 Å². The Morgan fingerprint density at radius 3 is 2.57 bits per heavy atom. The molecule has 4 N–H and O–H groups in total. The molecule has 14 heavy (non-hydrogen) atoms. The van der Waals surface area contributed by atoms with Crippen LogP contribution in [0.5, 0.6) is 0 Å². The molecule has 0 radical (unpaired) electrons. The second-order valence-corrected chi connectivity index (χ2v) is 3.11. The molecule has 0 saturated carbocycles. The largest absolute Gasteiger partial charge is 0.359 e. The Morgan fingerprint density at radius 1 is 1.43 bits per heavy atom. The zero-order valence-corrected chi connectivity index (χ0v) is 8.80. The molecule has 0 aliphatic heterocycles. The molecule has 0 saturated heterocycles. The number of hydrogen-bond donors (Lipinski definition) is 3. The van der Waals surface area contributed by atoms with E-state index in [1.807, 2.05) is 6.92 Å². The molecule has 0 rings (SSSR count). The second-order valence-electron chi connectivity index (χ2n) is 3.11. The van der Waals surface area contributed by atoms with Gasteiger partial charge in [-0.2, -0.15) is 0 Å². The number of carbonyl (C=O) groups is 2. The van der Waals surface area contributed by atoms with E-state index in [-0.39, 0.29) is 11.8 Å². The van der Waals surface area contributed by atoms with Gasteiger partial charge < -0.3 is 16.4 Å². The minimum Gasteiger partial charge on any atom is -0.359 e. The standard InChI is InChI=1S/C9H19N3O2/c1-3-4-7(10)9(14)12-6-5-8(13)11-2/h7H,3-6,10H2,1-2H3,(H,11,13)(H,12,14). The predicted octanol–water partition coefficient (Wildman–Crippen LogP) is -0.634.